The lowest BCUT2D eigenvalue weighted by Gasteiger charge is -2.15. The van der Waals surface area contributed by atoms with Crippen LogP contribution in [0.2, 0.25) is 0 Å². The van der Waals surface area contributed by atoms with E-state index in [1.165, 1.54) is 11.4 Å². The van der Waals surface area contributed by atoms with E-state index in [0.29, 0.717) is 6.54 Å². The third kappa shape index (κ3) is 2.84. The number of aromatic nitrogens is 1. The molecule has 2 rings (SSSR count). The van der Waals surface area contributed by atoms with Gasteiger partial charge in [-0.25, -0.2) is 0 Å². The van der Waals surface area contributed by atoms with Gasteiger partial charge in [0.2, 0.25) is 0 Å². The maximum atomic E-state index is 5.39. The van der Waals surface area contributed by atoms with Crippen molar-refractivity contribution >= 4 is 0 Å². The average Bonchev–Trinajstić information content (AvgIpc) is 2.75. The summed E-state index contributed by atoms with van der Waals surface area (Å²) in [4.78, 5) is 0. The van der Waals surface area contributed by atoms with Crippen LogP contribution in [0.3, 0.4) is 0 Å². The molecule has 0 saturated carbocycles. The number of methoxy groups -OCH3 is 2. The minimum absolute atomic E-state index is 0.698. The molecule has 0 atom stereocenters. The first-order valence-electron chi connectivity index (χ1n) is 6.25. The van der Waals surface area contributed by atoms with Gasteiger partial charge in [-0.1, -0.05) is 0 Å². The predicted molar refractivity (Wildman–Crippen MR) is 76.5 cm³/mol. The highest BCUT2D eigenvalue weighted by atomic mass is 16.5. The van der Waals surface area contributed by atoms with Gasteiger partial charge in [-0.2, -0.15) is 0 Å². The van der Waals surface area contributed by atoms with Crippen LogP contribution in [0.4, 0.5) is 0 Å². The fourth-order valence-electron chi connectivity index (χ4n) is 2.08. The molecule has 2 aromatic rings. The van der Waals surface area contributed by atoms with Gasteiger partial charge < -0.3 is 14.9 Å². The average molecular weight is 260 g/mol. The first-order chi connectivity index (χ1) is 9.15. The molecule has 1 N–H and O–H groups in total. The normalized spacial score (nSPS) is 10.3. The molecule has 0 spiro atoms. The quantitative estimate of drug-likeness (QED) is 0.898. The first kappa shape index (κ1) is 13.3. The van der Waals surface area contributed by atoms with E-state index in [2.05, 4.69) is 36.1 Å². The van der Waals surface area contributed by atoms with E-state index in [4.69, 9.17) is 9.47 Å². The van der Waals surface area contributed by atoms with E-state index in [0.717, 1.165) is 17.1 Å². The van der Waals surface area contributed by atoms with Crippen molar-refractivity contribution in [3.05, 3.63) is 47.3 Å². The number of nitrogens with zero attached hydrogens (tertiary/aromatic N) is 1. The van der Waals surface area contributed by atoms with Crippen molar-refractivity contribution in [3.8, 4) is 11.5 Å². The molecule has 102 valence electrons. The summed E-state index contributed by atoms with van der Waals surface area (Å²) in [6.45, 7) is 4.85. The minimum Gasteiger partial charge on any atom is -0.497 e. The van der Waals surface area contributed by atoms with Gasteiger partial charge in [-0.3, -0.25) is 4.68 Å². The van der Waals surface area contributed by atoms with Crippen molar-refractivity contribution in [3.63, 3.8) is 0 Å². The molecule has 0 fully saturated rings. The van der Waals surface area contributed by atoms with Gasteiger partial charge >= 0.3 is 0 Å². The summed E-state index contributed by atoms with van der Waals surface area (Å²) >= 11 is 0. The van der Waals surface area contributed by atoms with Crippen molar-refractivity contribution in [2.45, 2.75) is 20.4 Å². The second kappa shape index (κ2) is 5.69. The van der Waals surface area contributed by atoms with Crippen LogP contribution < -0.4 is 14.9 Å². The molecule has 1 aromatic heterocycles. The molecule has 0 saturated heterocycles. The summed E-state index contributed by atoms with van der Waals surface area (Å²) in [5, 5.41) is 0. The van der Waals surface area contributed by atoms with Crippen molar-refractivity contribution in [1.82, 2.24) is 4.68 Å². The van der Waals surface area contributed by atoms with Crippen molar-refractivity contribution in [1.29, 1.82) is 0 Å². The summed E-state index contributed by atoms with van der Waals surface area (Å²) < 4.78 is 12.7. The molecule has 0 aliphatic heterocycles. The van der Waals surface area contributed by atoms with E-state index >= 15 is 0 Å². The largest absolute Gasteiger partial charge is 0.497 e. The summed E-state index contributed by atoms with van der Waals surface area (Å²) in [5.74, 6) is 1.63. The topological polar surface area (TPSA) is 35.4 Å². The molecule has 1 heterocycles. The third-order valence-corrected chi connectivity index (χ3v) is 3.19. The maximum Gasteiger partial charge on any atom is 0.127 e. The zero-order chi connectivity index (χ0) is 13.8. The fraction of sp³-hybridized carbons (Fsp3) is 0.333. The molecule has 0 radical (unpaired) electrons. The number of aryl methyl sites for hydroxylation is 2. The number of benzene rings is 1. The number of nitrogens with one attached hydrogen (secondary N) is 1. The van der Waals surface area contributed by atoms with Crippen molar-refractivity contribution in [2.24, 2.45) is 0 Å². The van der Waals surface area contributed by atoms with E-state index in [1.54, 1.807) is 14.2 Å². The zero-order valence-electron chi connectivity index (χ0n) is 11.9. The highest BCUT2D eigenvalue weighted by molar-refractivity contribution is 5.41. The Kier molecular flexibility index (Phi) is 4.00. The van der Waals surface area contributed by atoms with Crippen molar-refractivity contribution < 1.29 is 9.47 Å². The molecule has 0 amide bonds. The molecule has 19 heavy (non-hydrogen) atoms. The number of rotatable bonds is 5. The van der Waals surface area contributed by atoms with Gasteiger partial charge in [-0.05, 0) is 38.1 Å². The standard InChI is InChI=1S/C15H20N2O2/c1-11-5-6-12(2)17(11)16-10-13-7-8-14(18-3)9-15(13)19-4/h5-9,16H,10H2,1-4H3. The highest BCUT2D eigenvalue weighted by Gasteiger charge is 2.06. The van der Waals surface area contributed by atoms with Crippen LogP contribution in [0.15, 0.2) is 30.3 Å². The smallest absolute Gasteiger partial charge is 0.127 e. The van der Waals surface area contributed by atoms with E-state index in [1.807, 2.05) is 18.2 Å². The molecule has 0 bridgehead atoms. The Morgan fingerprint density at radius 3 is 2.26 bits per heavy atom. The van der Waals surface area contributed by atoms with Gasteiger partial charge in [-0.15, -0.1) is 0 Å². The second-order valence-electron chi connectivity index (χ2n) is 4.46. The van der Waals surface area contributed by atoms with Gasteiger partial charge in [0, 0.05) is 23.0 Å². The molecule has 0 aliphatic carbocycles. The first-order valence-corrected chi connectivity index (χ1v) is 6.25. The number of hydrogen-bond donors (Lipinski definition) is 1. The summed E-state index contributed by atoms with van der Waals surface area (Å²) in [7, 11) is 3.32. The Morgan fingerprint density at radius 2 is 1.68 bits per heavy atom. The summed E-state index contributed by atoms with van der Waals surface area (Å²) in [5.41, 5.74) is 6.85. The Hall–Kier alpha value is -2.10. The summed E-state index contributed by atoms with van der Waals surface area (Å²) in [6.07, 6.45) is 0. The predicted octanol–water partition coefficient (Wildman–Crippen LogP) is 2.87. The SMILES string of the molecule is COc1ccc(CNn2c(C)ccc2C)c(OC)c1. The Bertz CT molecular complexity index is 542. The minimum atomic E-state index is 0.698. The Morgan fingerprint density at radius 1 is 1.00 bits per heavy atom. The lowest BCUT2D eigenvalue weighted by molar-refractivity contribution is 0.391. The molecule has 0 aliphatic rings. The van der Waals surface area contributed by atoms with E-state index in [9.17, 15) is 0 Å². The van der Waals surface area contributed by atoms with Gasteiger partial charge in [0.1, 0.15) is 11.5 Å². The van der Waals surface area contributed by atoms with Crippen LogP contribution >= 0.6 is 0 Å². The lowest BCUT2D eigenvalue weighted by Crippen LogP contribution is -2.17. The highest BCUT2D eigenvalue weighted by Crippen LogP contribution is 2.24. The molecule has 0 unspecified atom stereocenters. The van der Waals surface area contributed by atoms with Crippen LogP contribution in [0.5, 0.6) is 11.5 Å². The van der Waals surface area contributed by atoms with Crippen molar-refractivity contribution in [2.75, 3.05) is 19.6 Å². The Labute approximate surface area is 113 Å². The molecule has 4 heteroatoms. The molecular formula is C15H20N2O2. The van der Waals surface area contributed by atoms with E-state index < -0.39 is 0 Å². The van der Waals surface area contributed by atoms with Crippen LogP contribution in [-0.4, -0.2) is 18.9 Å². The Balaban J connectivity index is 2.15. The lowest BCUT2D eigenvalue weighted by atomic mass is 10.2. The number of ether oxygens (including phenoxy) is 2. The molecule has 1 aromatic carbocycles. The van der Waals surface area contributed by atoms with E-state index in [-0.39, 0.29) is 0 Å². The van der Waals surface area contributed by atoms with Gasteiger partial charge in [0.15, 0.2) is 0 Å². The molecular weight excluding hydrogens is 240 g/mol. The fourth-order valence-corrected chi connectivity index (χ4v) is 2.08. The second-order valence-corrected chi connectivity index (χ2v) is 4.46. The maximum absolute atomic E-state index is 5.39. The molecule has 4 nitrogen and oxygen atoms in total. The summed E-state index contributed by atoms with van der Waals surface area (Å²) in [6, 6.07) is 10.0. The van der Waals surface area contributed by atoms with Gasteiger partial charge in [0.25, 0.3) is 0 Å². The van der Waals surface area contributed by atoms with Crippen LogP contribution in [0.25, 0.3) is 0 Å². The third-order valence-electron chi connectivity index (χ3n) is 3.19. The van der Waals surface area contributed by atoms with Crippen LogP contribution in [0, 0.1) is 13.8 Å². The van der Waals surface area contributed by atoms with Gasteiger partial charge in [0.05, 0.1) is 20.8 Å². The van der Waals surface area contributed by atoms with Crippen LogP contribution in [0.1, 0.15) is 17.0 Å². The zero-order valence-corrected chi connectivity index (χ0v) is 11.9. The van der Waals surface area contributed by atoms with Crippen LogP contribution in [-0.2, 0) is 6.54 Å². The monoisotopic (exact) mass is 260 g/mol. The number of hydrogen-bond acceptors (Lipinski definition) is 3.